The van der Waals surface area contributed by atoms with Gasteiger partial charge in [0.15, 0.2) is 0 Å². The van der Waals surface area contributed by atoms with Gasteiger partial charge in [0.1, 0.15) is 0 Å². The molecule has 0 heterocycles. The van der Waals surface area contributed by atoms with Crippen molar-refractivity contribution in [1.29, 1.82) is 0 Å². The van der Waals surface area contributed by atoms with Crippen molar-refractivity contribution in [3.05, 3.63) is 35.4 Å². The highest BCUT2D eigenvalue weighted by Gasteiger charge is 2.04. The van der Waals surface area contributed by atoms with Crippen molar-refractivity contribution in [1.82, 2.24) is 10.6 Å². The van der Waals surface area contributed by atoms with Gasteiger partial charge in [-0.15, -0.1) is 12.3 Å². The summed E-state index contributed by atoms with van der Waals surface area (Å²) in [6.45, 7) is 0.681. The smallest absolute Gasteiger partial charge is 0.335 e. The fourth-order valence-electron chi connectivity index (χ4n) is 1.31. The highest BCUT2D eigenvalue weighted by molar-refractivity contribution is 5.87. The summed E-state index contributed by atoms with van der Waals surface area (Å²) in [5.74, 6) is 1.42. The molecule has 1 aromatic rings. The maximum Gasteiger partial charge on any atom is 0.335 e. The number of aromatic carboxylic acids is 1. The third-order valence-corrected chi connectivity index (χ3v) is 2.18. The summed E-state index contributed by atoms with van der Waals surface area (Å²) in [6.07, 6.45) is 5.52. The second kappa shape index (κ2) is 6.97. The first-order valence-electron chi connectivity index (χ1n) is 5.41. The Balaban J connectivity index is 2.44. The van der Waals surface area contributed by atoms with E-state index < -0.39 is 5.97 Å². The minimum Gasteiger partial charge on any atom is -0.478 e. The van der Waals surface area contributed by atoms with Gasteiger partial charge in [-0.3, -0.25) is 0 Å². The van der Waals surface area contributed by atoms with Gasteiger partial charge in [-0.25, -0.2) is 9.59 Å². The van der Waals surface area contributed by atoms with Crippen LogP contribution >= 0.6 is 0 Å². The summed E-state index contributed by atoms with van der Waals surface area (Å²) in [6, 6.07) is 6.07. The highest BCUT2D eigenvalue weighted by Crippen LogP contribution is 2.04. The van der Waals surface area contributed by atoms with E-state index in [0.29, 0.717) is 13.0 Å². The summed E-state index contributed by atoms with van der Waals surface area (Å²) in [4.78, 5) is 22.1. The molecule has 0 aliphatic rings. The lowest BCUT2D eigenvalue weighted by molar-refractivity contribution is 0.0696. The predicted octanol–water partition coefficient (Wildman–Crippen LogP) is 1.21. The third-order valence-electron chi connectivity index (χ3n) is 2.18. The van der Waals surface area contributed by atoms with Gasteiger partial charge in [0.05, 0.1) is 5.56 Å². The monoisotopic (exact) mass is 246 g/mol. The second-order valence-electron chi connectivity index (χ2n) is 3.57. The van der Waals surface area contributed by atoms with Crippen molar-refractivity contribution in [3.8, 4) is 12.3 Å². The van der Waals surface area contributed by atoms with Crippen molar-refractivity contribution < 1.29 is 14.7 Å². The number of carboxylic acid groups (broad SMARTS) is 1. The van der Waals surface area contributed by atoms with Crippen LogP contribution in [0.3, 0.4) is 0 Å². The number of carbonyl (C=O) groups is 2. The van der Waals surface area contributed by atoms with Gasteiger partial charge in [-0.05, 0) is 17.7 Å². The average molecular weight is 246 g/mol. The van der Waals surface area contributed by atoms with E-state index in [-0.39, 0.29) is 18.1 Å². The van der Waals surface area contributed by atoms with Crippen molar-refractivity contribution >= 4 is 12.0 Å². The van der Waals surface area contributed by atoms with Gasteiger partial charge in [0.2, 0.25) is 0 Å². The number of hydrogen-bond acceptors (Lipinski definition) is 2. The summed E-state index contributed by atoms with van der Waals surface area (Å²) >= 11 is 0. The molecule has 0 atom stereocenters. The Morgan fingerprint density at radius 2 is 2.11 bits per heavy atom. The Morgan fingerprint density at radius 1 is 1.33 bits per heavy atom. The molecular formula is C13H14N2O3. The van der Waals surface area contributed by atoms with Crippen molar-refractivity contribution in [3.63, 3.8) is 0 Å². The molecule has 5 heteroatoms. The lowest BCUT2D eigenvalue weighted by Crippen LogP contribution is -2.35. The molecule has 0 spiro atoms. The standard InChI is InChI=1S/C13H14N2O3/c1-2-3-7-14-13(18)15-9-10-5-4-6-11(8-10)12(16)17/h1,4-6,8H,3,7,9H2,(H,16,17)(H2,14,15,18). The number of terminal acetylenes is 1. The van der Waals surface area contributed by atoms with Crippen molar-refractivity contribution in [2.45, 2.75) is 13.0 Å². The molecule has 0 aliphatic carbocycles. The Morgan fingerprint density at radius 3 is 2.78 bits per heavy atom. The maximum atomic E-state index is 11.3. The predicted molar refractivity (Wildman–Crippen MR) is 67.1 cm³/mol. The number of rotatable bonds is 5. The first-order valence-corrected chi connectivity index (χ1v) is 5.41. The Bertz CT molecular complexity index is 477. The van der Waals surface area contributed by atoms with E-state index in [2.05, 4.69) is 16.6 Å². The first-order chi connectivity index (χ1) is 8.63. The van der Waals surface area contributed by atoms with Crippen LogP contribution in [0.4, 0.5) is 4.79 Å². The Labute approximate surface area is 105 Å². The van der Waals surface area contributed by atoms with Crippen LogP contribution in [0, 0.1) is 12.3 Å². The second-order valence-corrected chi connectivity index (χ2v) is 3.57. The SMILES string of the molecule is C#CCCNC(=O)NCc1cccc(C(=O)O)c1. The molecule has 0 unspecified atom stereocenters. The molecule has 1 rings (SSSR count). The summed E-state index contributed by atoms with van der Waals surface area (Å²) in [5, 5.41) is 14.0. The van der Waals surface area contributed by atoms with Crippen LogP contribution in [0.5, 0.6) is 0 Å². The van der Waals surface area contributed by atoms with Gasteiger partial charge in [-0.2, -0.15) is 0 Å². The topological polar surface area (TPSA) is 78.4 Å². The number of urea groups is 1. The fraction of sp³-hybridized carbons (Fsp3) is 0.231. The molecule has 94 valence electrons. The van der Waals surface area contributed by atoms with Gasteiger partial charge in [0.25, 0.3) is 0 Å². The normalized spacial score (nSPS) is 9.28. The number of hydrogen-bond donors (Lipinski definition) is 3. The summed E-state index contributed by atoms with van der Waals surface area (Å²) in [7, 11) is 0. The average Bonchev–Trinajstić information content (AvgIpc) is 2.37. The quantitative estimate of drug-likeness (QED) is 0.539. The molecule has 0 radical (unpaired) electrons. The zero-order chi connectivity index (χ0) is 13.4. The maximum absolute atomic E-state index is 11.3. The molecule has 0 aliphatic heterocycles. The summed E-state index contributed by atoms with van der Waals surface area (Å²) in [5.41, 5.74) is 0.920. The van der Waals surface area contributed by atoms with Crippen LogP contribution in [0.25, 0.3) is 0 Å². The number of carboxylic acids is 1. The lowest BCUT2D eigenvalue weighted by atomic mass is 10.1. The minimum atomic E-state index is -0.990. The van der Waals surface area contributed by atoms with Gasteiger partial charge in [0, 0.05) is 19.5 Å². The molecule has 0 saturated carbocycles. The lowest BCUT2D eigenvalue weighted by Gasteiger charge is -2.07. The van der Waals surface area contributed by atoms with Crippen LogP contribution in [0.1, 0.15) is 22.3 Å². The van der Waals surface area contributed by atoms with Gasteiger partial charge in [-0.1, -0.05) is 12.1 Å². The zero-order valence-corrected chi connectivity index (χ0v) is 9.77. The molecule has 3 N–H and O–H groups in total. The molecule has 0 fully saturated rings. The van der Waals surface area contributed by atoms with E-state index in [9.17, 15) is 9.59 Å². The van der Waals surface area contributed by atoms with Crippen LogP contribution in [-0.2, 0) is 6.54 Å². The largest absolute Gasteiger partial charge is 0.478 e. The van der Waals surface area contributed by atoms with E-state index in [1.165, 1.54) is 12.1 Å². The minimum absolute atomic E-state index is 0.196. The van der Waals surface area contributed by atoms with E-state index in [0.717, 1.165) is 5.56 Å². The molecule has 0 saturated heterocycles. The van der Waals surface area contributed by atoms with Gasteiger partial charge >= 0.3 is 12.0 Å². The number of nitrogens with one attached hydrogen (secondary N) is 2. The molecule has 18 heavy (non-hydrogen) atoms. The molecule has 2 amide bonds. The molecule has 0 aromatic heterocycles. The van der Waals surface area contributed by atoms with E-state index >= 15 is 0 Å². The van der Waals surface area contributed by atoms with Crippen LogP contribution in [0.15, 0.2) is 24.3 Å². The number of benzene rings is 1. The number of amides is 2. The van der Waals surface area contributed by atoms with Crippen molar-refractivity contribution in [2.24, 2.45) is 0 Å². The van der Waals surface area contributed by atoms with E-state index in [1.807, 2.05) is 0 Å². The zero-order valence-electron chi connectivity index (χ0n) is 9.77. The van der Waals surface area contributed by atoms with Crippen molar-refractivity contribution in [2.75, 3.05) is 6.54 Å². The first kappa shape index (κ1) is 13.6. The Kier molecular flexibility index (Phi) is 5.26. The third kappa shape index (κ3) is 4.58. The summed E-state index contributed by atoms with van der Waals surface area (Å²) < 4.78 is 0. The van der Waals surface area contributed by atoms with Crippen LogP contribution in [0.2, 0.25) is 0 Å². The van der Waals surface area contributed by atoms with Gasteiger partial charge < -0.3 is 15.7 Å². The van der Waals surface area contributed by atoms with E-state index in [1.54, 1.807) is 12.1 Å². The number of carbonyl (C=O) groups excluding carboxylic acids is 1. The fourth-order valence-corrected chi connectivity index (χ4v) is 1.31. The molecule has 0 bridgehead atoms. The highest BCUT2D eigenvalue weighted by atomic mass is 16.4. The molecule has 5 nitrogen and oxygen atoms in total. The Hall–Kier alpha value is -2.48. The molecular weight excluding hydrogens is 232 g/mol. The van der Waals surface area contributed by atoms with E-state index in [4.69, 9.17) is 11.5 Å². The molecule has 1 aromatic carbocycles. The van der Waals surface area contributed by atoms with Crippen LogP contribution in [-0.4, -0.2) is 23.7 Å². The van der Waals surface area contributed by atoms with Crippen LogP contribution < -0.4 is 10.6 Å².